The Kier molecular flexibility index (Phi) is 7.92. The van der Waals surface area contributed by atoms with E-state index in [1.807, 2.05) is 60.7 Å². The molecule has 11 rings (SSSR count). The lowest BCUT2D eigenvalue weighted by atomic mass is 9.75. The predicted molar refractivity (Wildman–Crippen MR) is 232 cm³/mol. The summed E-state index contributed by atoms with van der Waals surface area (Å²) in [6.07, 6.45) is 0.946. The average Bonchev–Trinajstić information content (AvgIpc) is 3.68. The Hall–Kier alpha value is -7.43. The van der Waals surface area contributed by atoms with Crippen molar-refractivity contribution in [2.24, 2.45) is 0 Å². The highest BCUT2D eigenvalue weighted by atomic mass is 16.3. The van der Waals surface area contributed by atoms with E-state index in [4.69, 9.17) is 19.4 Å². The molecule has 1 aliphatic rings. The van der Waals surface area contributed by atoms with Crippen molar-refractivity contribution in [3.63, 3.8) is 0 Å². The minimum absolute atomic E-state index is 0.238. The Morgan fingerprint density at radius 2 is 0.947 bits per heavy atom. The Balaban J connectivity index is 0.946. The molecule has 4 heteroatoms. The molecule has 268 valence electrons. The molecule has 1 aliphatic carbocycles. The summed E-state index contributed by atoms with van der Waals surface area (Å²) in [6.45, 7) is 0. The number of fused-ring (bicyclic) bond motifs is 6. The molecule has 1 atom stereocenters. The molecule has 57 heavy (non-hydrogen) atoms. The Labute approximate surface area is 330 Å². The van der Waals surface area contributed by atoms with Crippen molar-refractivity contribution in [1.29, 1.82) is 0 Å². The summed E-state index contributed by atoms with van der Waals surface area (Å²) in [5.74, 6) is 2.16. The highest BCUT2D eigenvalue weighted by Crippen LogP contribution is 2.45. The molecule has 8 aromatic carbocycles. The van der Waals surface area contributed by atoms with Gasteiger partial charge < -0.3 is 4.42 Å². The van der Waals surface area contributed by atoms with Crippen molar-refractivity contribution < 1.29 is 4.42 Å². The van der Waals surface area contributed by atoms with E-state index in [1.54, 1.807) is 0 Å². The molecule has 10 aromatic rings. The average molecular weight is 730 g/mol. The van der Waals surface area contributed by atoms with Crippen LogP contribution in [-0.4, -0.2) is 15.0 Å². The number of nitrogens with zero attached hydrogens (tertiary/aromatic N) is 3. The molecular weight excluding hydrogens is 695 g/mol. The Bertz CT molecular complexity index is 3020. The fraction of sp³-hybridized carbons (Fsp3) is 0.0377. The van der Waals surface area contributed by atoms with Gasteiger partial charge in [-0.1, -0.05) is 176 Å². The van der Waals surface area contributed by atoms with Crippen molar-refractivity contribution in [3.05, 3.63) is 211 Å². The number of benzene rings is 8. The minimum Gasteiger partial charge on any atom is -0.455 e. The third-order valence-corrected chi connectivity index (χ3v) is 11.3. The molecule has 0 aliphatic heterocycles. The Morgan fingerprint density at radius 1 is 0.386 bits per heavy atom. The summed E-state index contributed by atoms with van der Waals surface area (Å²) >= 11 is 0. The molecule has 1 unspecified atom stereocenters. The van der Waals surface area contributed by atoms with Crippen LogP contribution in [0.5, 0.6) is 0 Å². The van der Waals surface area contributed by atoms with Gasteiger partial charge in [0.05, 0.1) is 0 Å². The zero-order valence-electron chi connectivity index (χ0n) is 31.0. The van der Waals surface area contributed by atoms with Gasteiger partial charge in [-0.15, -0.1) is 0 Å². The maximum Gasteiger partial charge on any atom is 0.164 e. The van der Waals surface area contributed by atoms with Crippen LogP contribution in [0.25, 0.3) is 89.5 Å². The van der Waals surface area contributed by atoms with Crippen LogP contribution in [0.3, 0.4) is 0 Å². The second kappa shape index (κ2) is 13.7. The molecule has 0 saturated heterocycles. The van der Waals surface area contributed by atoms with Crippen LogP contribution in [0.2, 0.25) is 0 Å². The minimum atomic E-state index is 0.238. The largest absolute Gasteiger partial charge is 0.455 e. The smallest absolute Gasteiger partial charge is 0.164 e. The molecule has 0 fully saturated rings. The van der Waals surface area contributed by atoms with E-state index in [1.165, 1.54) is 38.9 Å². The van der Waals surface area contributed by atoms with Gasteiger partial charge in [0.1, 0.15) is 11.2 Å². The van der Waals surface area contributed by atoms with Crippen LogP contribution in [0, 0.1) is 0 Å². The van der Waals surface area contributed by atoms with E-state index < -0.39 is 0 Å². The summed E-state index contributed by atoms with van der Waals surface area (Å²) in [5, 5.41) is 2.25. The quantitative estimate of drug-likeness (QED) is 0.171. The van der Waals surface area contributed by atoms with Gasteiger partial charge in [0.25, 0.3) is 0 Å². The number of hydrogen-bond acceptors (Lipinski definition) is 4. The molecule has 4 nitrogen and oxygen atoms in total. The monoisotopic (exact) mass is 729 g/mol. The molecule has 0 radical (unpaired) electrons. The zero-order chi connectivity index (χ0) is 37.7. The van der Waals surface area contributed by atoms with E-state index in [-0.39, 0.29) is 5.92 Å². The van der Waals surface area contributed by atoms with Gasteiger partial charge >= 0.3 is 0 Å². The number of hydrogen-bond donors (Lipinski definition) is 0. The van der Waals surface area contributed by atoms with Gasteiger partial charge in [-0.25, -0.2) is 15.0 Å². The van der Waals surface area contributed by atoms with Crippen LogP contribution < -0.4 is 0 Å². The van der Waals surface area contributed by atoms with Crippen molar-refractivity contribution in [1.82, 2.24) is 15.0 Å². The van der Waals surface area contributed by atoms with Gasteiger partial charge in [-0.2, -0.15) is 0 Å². The number of para-hydroxylation sites is 1. The third-order valence-electron chi connectivity index (χ3n) is 11.3. The van der Waals surface area contributed by atoms with Crippen LogP contribution in [0.1, 0.15) is 22.6 Å². The van der Waals surface area contributed by atoms with Gasteiger partial charge in [0.15, 0.2) is 17.5 Å². The third kappa shape index (κ3) is 5.90. The molecule has 2 heterocycles. The summed E-state index contributed by atoms with van der Waals surface area (Å²) in [5.41, 5.74) is 15.9. The van der Waals surface area contributed by atoms with E-state index >= 15 is 0 Å². The fourth-order valence-electron chi connectivity index (χ4n) is 8.49. The second-order valence-electron chi connectivity index (χ2n) is 14.7. The molecular formula is C53H35N3O. The highest BCUT2D eigenvalue weighted by Gasteiger charge is 2.27. The molecule has 0 amide bonds. The summed E-state index contributed by atoms with van der Waals surface area (Å²) < 4.78 is 6.67. The lowest BCUT2D eigenvalue weighted by Crippen LogP contribution is -2.12. The predicted octanol–water partition coefficient (Wildman–Crippen LogP) is 13.5. The first-order chi connectivity index (χ1) is 28.2. The van der Waals surface area contributed by atoms with Crippen molar-refractivity contribution in [3.8, 4) is 67.5 Å². The van der Waals surface area contributed by atoms with E-state index in [0.717, 1.165) is 56.2 Å². The van der Waals surface area contributed by atoms with E-state index in [2.05, 4.69) is 133 Å². The van der Waals surface area contributed by atoms with Gasteiger partial charge in [0, 0.05) is 38.9 Å². The number of aromatic nitrogens is 3. The summed E-state index contributed by atoms with van der Waals surface area (Å²) in [6, 6.07) is 68.4. The van der Waals surface area contributed by atoms with Crippen LogP contribution in [0.15, 0.2) is 199 Å². The second-order valence-corrected chi connectivity index (χ2v) is 14.7. The number of rotatable bonds is 6. The van der Waals surface area contributed by atoms with Crippen LogP contribution in [-0.2, 0) is 6.42 Å². The first-order valence-electron chi connectivity index (χ1n) is 19.4. The van der Waals surface area contributed by atoms with Crippen molar-refractivity contribution in [2.75, 3.05) is 0 Å². The molecule has 0 spiro atoms. The normalized spacial score (nSPS) is 13.4. The standard InChI is InChI=1S/C53H35N3O/c1-4-13-34(14-5-1)39-27-28-40-32-47(44-20-11-10-19-43(44)46(40)31-39)41-29-30-49-48(33-41)45-22-12-21-42(50(45)57-49)35-23-25-38(26-24-35)53-55-51(36-15-6-2-7-16-36)54-52(56-53)37-17-8-3-9-18-37/h1-31,33,47H,32H2. The highest BCUT2D eigenvalue weighted by molar-refractivity contribution is 6.10. The van der Waals surface area contributed by atoms with E-state index in [9.17, 15) is 0 Å². The zero-order valence-corrected chi connectivity index (χ0v) is 31.0. The summed E-state index contributed by atoms with van der Waals surface area (Å²) in [4.78, 5) is 14.7. The van der Waals surface area contributed by atoms with Crippen molar-refractivity contribution >= 4 is 21.9 Å². The molecule has 0 bridgehead atoms. The lowest BCUT2D eigenvalue weighted by molar-refractivity contribution is 0.669. The fourth-order valence-corrected chi connectivity index (χ4v) is 8.49. The summed E-state index contributed by atoms with van der Waals surface area (Å²) in [7, 11) is 0. The molecule has 0 N–H and O–H groups in total. The van der Waals surface area contributed by atoms with E-state index in [0.29, 0.717) is 17.5 Å². The van der Waals surface area contributed by atoms with Gasteiger partial charge in [0.2, 0.25) is 0 Å². The lowest BCUT2D eigenvalue weighted by Gasteiger charge is -2.29. The van der Waals surface area contributed by atoms with Crippen LogP contribution in [0.4, 0.5) is 0 Å². The first-order valence-corrected chi connectivity index (χ1v) is 19.4. The maximum atomic E-state index is 6.67. The van der Waals surface area contributed by atoms with Crippen molar-refractivity contribution in [2.45, 2.75) is 12.3 Å². The first kappa shape index (κ1) is 33.0. The van der Waals surface area contributed by atoms with Gasteiger partial charge in [-0.05, 0) is 69.1 Å². The van der Waals surface area contributed by atoms with Crippen LogP contribution >= 0.6 is 0 Å². The Morgan fingerprint density at radius 3 is 1.63 bits per heavy atom. The SMILES string of the molecule is c1ccc(-c2ccc3c(c2)-c2ccccc2C(c2ccc4oc5c(-c6ccc(-c7nc(-c8ccccc8)nc(-c8ccccc8)n7)cc6)cccc5c4c2)C3)cc1. The number of furan rings is 1. The van der Waals surface area contributed by atoms with Gasteiger partial charge in [-0.3, -0.25) is 0 Å². The topological polar surface area (TPSA) is 51.8 Å². The maximum absolute atomic E-state index is 6.67. The molecule has 0 saturated carbocycles. The molecule has 2 aromatic heterocycles.